The van der Waals surface area contributed by atoms with E-state index in [4.69, 9.17) is 4.74 Å². The molecule has 0 aromatic carbocycles. The van der Waals surface area contributed by atoms with Crippen LogP contribution in [-0.2, 0) is 4.74 Å². The maximum atomic E-state index is 10.1. The third-order valence-corrected chi connectivity index (χ3v) is 4.32. The quantitative estimate of drug-likeness (QED) is 0.519. The minimum Gasteiger partial charge on any atom is -0.388 e. The fourth-order valence-corrected chi connectivity index (χ4v) is 3.29. The van der Waals surface area contributed by atoms with Crippen LogP contribution < -0.4 is 5.32 Å². The van der Waals surface area contributed by atoms with E-state index in [1.165, 1.54) is 17.8 Å². The van der Waals surface area contributed by atoms with Gasteiger partial charge in [-0.25, -0.2) is 0 Å². The molecule has 4 N–H and O–H groups in total. The number of rotatable bonds is 4. The number of amidine groups is 1. The number of aliphatic hydroxyl groups is 3. The van der Waals surface area contributed by atoms with Crippen LogP contribution in [0.2, 0.25) is 0 Å². The predicted octanol–water partition coefficient (Wildman–Crippen LogP) is -0.549. The van der Waals surface area contributed by atoms with Gasteiger partial charge in [-0.3, -0.25) is 4.99 Å². The number of fused-ring (bicyclic) bond motifs is 1. The van der Waals surface area contributed by atoms with Gasteiger partial charge in [-0.1, -0.05) is 24.8 Å². The van der Waals surface area contributed by atoms with Gasteiger partial charge in [-0.15, -0.1) is 6.58 Å². The molecule has 0 amide bonds. The number of thioether (sulfide) groups is 1. The van der Waals surface area contributed by atoms with Gasteiger partial charge in [0.15, 0.2) is 5.17 Å². The molecule has 0 spiro atoms. The molecule has 0 aliphatic carbocycles. The SMILES string of the molecule is C=C[C@H](O)[C@H]1O[C@@H]2SC(=NCCC)N[C@@H]2[C@@H](O)[C@@H]1O. The van der Waals surface area contributed by atoms with E-state index in [9.17, 15) is 15.3 Å². The van der Waals surface area contributed by atoms with Gasteiger partial charge in [0.2, 0.25) is 0 Å². The second-order valence-corrected chi connectivity index (χ2v) is 5.74. The van der Waals surface area contributed by atoms with Crippen LogP contribution in [-0.4, -0.2) is 62.9 Å². The molecule has 2 aliphatic heterocycles. The lowest BCUT2D eigenvalue weighted by molar-refractivity contribution is -0.179. The highest BCUT2D eigenvalue weighted by molar-refractivity contribution is 8.14. The van der Waals surface area contributed by atoms with Crippen molar-refractivity contribution in [1.29, 1.82) is 0 Å². The van der Waals surface area contributed by atoms with Crippen molar-refractivity contribution in [3.8, 4) is 0 Å². The fraction of sp³-hybridized carbons (Fsp3) is 0.750. The van der Waals surface area contributed by atoms with Crippen molar-refractivity contribution in [2.45, 2.75) is 49.2 Å². The monoisotopic (exact) mass is 288 g/mol. The van der Waals surface area contributed by atoms with Crippen molar-refractivity contribution in [3.05, 3.63) is 12.7 Å². The minimum atomic E-state index is -1.16. The first-order valence-corrected chi connectivity index (χ1v) is 7.26. The maximum Gasteiger partial charge on any atom is 0.159 e. The van der Waals surface area contributed by atoms with Crippen molar-refractivity contribution in [3.63, 3.8) is 0 Å². The second kappa shape index (κ2) is 6.23. The highest BCUT2D eigenvalue weighted by atomic mass is 32.2. The van der Waals surface area contributed by atoms with E-state index in [0.717, 1.165) is 6.42 Å². The molecule has 2 saturated heterocycles. The van der Waals surface area contributed by atoms with Crippen LogP contribution in [0.4, 0.5) is 0 Å². The molecule has 0 aromatic rings. The Hall–Kier alpha value is -0.600. The summed E-state index contributed by atoms with van der Waals surface area (Å²) in [5, 5.41) is 33.6. The summed E-state index contributed by atoms with van der Waals surface area (Å²) >= 11 is 1.37. The van der Waals surface area contributed by atoms with Gasteiger partial charge in [0.25, 0.3) is 0 Å². The molecule has 108 valence electrons. The highest BCUT2D eigenvalue weighted by Crippen LogP contribution is 2.34. The molecule has 19 heavy (non-hydrogen) atoms. The van der Waals surface area contributed by atoms with Crippen LogP contribution in [0.5, 0.6) is 0 Å². The first-order chi connectivity index (χ1) is 9.08. The van der Waals surface area contributed by atoms with Crippen LogP contribution in [0, 0.1) is 0 Å². The Morgan fingerprint density at radius 2 is 2.26 bits per heavy atom. The summed E-state index contributed by atoms with van der Waals surface area (Å²) in [6.07, 6.45) is -1.82. The number of aliphatic imine (C=N–C) groups is 1. The van der Waals surface area contributed by atoms with Crippen molar-refractivity contribution in [2.24, 2.45) is 4.99 Å². The van der Waals surface area contributed by atoms with Gasteiger partial charge in [0.05, 0.1) is 6.04 Å². The molecule has 6 atom stereocenters. The van der Waals surface area contributed by atoms with E-state index in [-0.39, 0.29) is 5.44 Å². The summed E-state index contributed by atoms with van der Waals surface area (Å²) in [4.78, 5) is 4.33. The third-order valence-electron chi connectivity index (χ3n) is 3.21. The molecule has 0 saturated carbocycles. The van der Waals surface area contributed by atoms with Crippen LogP contribution in [0.1, 0.15) is 13.3 Å². The average Bonchev–Trinajstić information content (AvgIpc) is 2.82. The summed E-state index contributed by atoms with van der Waals surface area (Å²) in [6.45, 7) is 6.20. The Kier molecular flexibility index (Phi) is 4.86. The van der Waals surface area contributed by atoms with Gasteiger partial charge in [0.1, 0.15) is 29.9 Å². The van der Waals surface area contributed by atoms with Gasteiger partial charge >= 0.3 is 0 Å². The molecule has 6 nitrogen and oxygen atoms in total. The topological polar surface area (TPSA) is 94.3 Å². The first-order valence-electron chi connectivity index (χ1n) is 6.38. The van der Waals surface area contributed by atoms with Gasteiger partial charge in [-0.2, -0.15) is 0 Å². The Balaban J connectivity index is 2.09. The molecule has 2 aliphatic rings. The van der Waals surface area contributed by atoms with Crippen molar-refractivity contribution >= 4 is 16.9 Å². The molecule has 2 rings (SSSR count). The van der Waals surface area contributed by atoms with Gasteiger partial charge in [0, 0.05) is 6.54 Å². The summed E-state index contributed by atoms with van der Waals surface area (Å²) in [6, 6.07) is -0.413. The zero-order valence-electron chi connectivity index (χ0n) is 10.8. The Morgan fingerprint density at radius 1 is 1.53 bits per heavy atom. The van der Waals surface area contributed by atoms with Crippen molar-refractivity contribution < 1.29 is 20.1 Å². The van der Waals surface area contributed by atoms with E-state index in [1.54, 1.807) is 0 Å². The lowest BCUT2D eigenvalue weighted by Crippen LogP contribution is -2.61. The van der Waals surface area contributed by atoms with Crippen molar-refractivity contribution in [1.82, 2.24) is 5.32 Å². The molecular weight excluding hydrogens is 268 g/mol. The Labute approximate surface area is 116 Å². The minimum absolute atomic E-state index is 0.367. The van der Waals surface area contributed by atoms with E-state index in [2.05, 4.69) is 16.9 Å². The lowest BCUT2D eigenvalue weighted by atomic mass is 9.95. The molecule has 7 heteroatoms. The van der Waals surface area contributed by atoms with E-state index >= 15 is 0 Å². The molecule has 0 radical (unpaired) electrons. The Morgan fingerprint density at radius 3 is 2.89 bits per heavy atom. The molecular formula is C12H20N2O4S. The third kappa shape index (κ3) is 2.95. The average molecular weight is 288 g/mol. The fourth-order valence-electron chi connectivity index (χ4n) is 2.14. The smallest absolute Gasteiger partial charge is 0.159 e. The van der Waals surface area contributed by atoms with Gasteiger partial charge in [-0.05, 0) is 6.42 Å². The van der Waals surface area contributed by atoms with Crippen LogP contribution in [0.3, 0.4) is 0 Å². The maximum absolute atomic E-state index is 10.1. The predicted molar refractivity (Wildman–Crippen MR) is 74.0 cm³/mol. The molecule has 2 heterocycles. The number of hydrogen-bond acceptors (Lipinski definition) is 6. The summed E-state index contributed by atoms with van der Waals surface area (Å²) in [7, 11) is 0. The van der Waals surface area contributed by atoms with E-state index in [0.29, 0.717) is 11.7 Å². The zero-order chi connectivity index (χ0) is 14.0. The number of nitrogens with one attached hydrogen (secondary N) is 1. The van der Waals surface area contributed by atoms with Crippen LogP contribution >= 0.6 is 11.8 Å². The highest BCUT2D eigenvalue weighted by Gasteiger charge is 2.50. The number of nitrogens with zero attached hydrogens (tertiary/aromatic N) is 1. The zero-order valence-corrected chi connectivity index (χ0v) is 11.6. The molecule has 2 fully saturated rings. The standard InChI is InChI=1S/C12H20N2O4S/c1-3-5-13-12-14-7-8(16)9(17)10(6(15)4-2)18-11(7)19-12/h4,6-11,15-17H,2-3,5H2,1H3,(H,13,14)/t6-,7+,8+,9-,10+,11+/m0/s1. The molecule has 0 aromatic heterocycles. The first kappa shape index (κ1) is 14.8. The summed E-state index contributed by atoms with van der Waals surface area (Å²) in [5.74, 6) is 0. The second-order valence-electron chi connectivity index (χ2n) is 4.65. The largest absolute Gasteiger partial charge is 0.388 e. The number of ether oxygens (including phenoxy) is 1. The number of hydrogen-bond donors (Lipinski definition) is 4. The summed E-state index contributed by atoms with van der Waals surface area (Å²) < 4.78 is 5.64. The van der Waals surface area contributed by atoms with Crippen LogP contribution in [0.15, 0.2) is 17.6 Å². The van der Waals surface area contributed by atoms with E-state index < -0.39 is 30.5 Å². The molecule has 0 bridgehead atoms. The molecule has 0 unspecified atom stereocenters. The number of aliphatic hydroxyl groups excluding tert-OH is 3. The summed E-state index contributed by atoms with van der Waals surface area (Å²) in [5.41, 5.74) is -0.367. The van der Waals surface area contributed by atoms with Crippen molar-refractivity contribution in [2.75, 3.05) is 6.54 Å². The van der Waals surface area contributed by atoms with Crippen LogP contribution in [0.25, 0.3) is 0 Å². The van der Waals surface area contributed by atoms with Gasteiger partial charge < -0.3 is 25.4 Å². The lowest BCUT2D eigenvalue weighted by Gasteiger charge is -2.40. The Bertz CT molecular complexity index is 366. The van der Waals surface area contributed by atoms with E-state index in [1.807, 2.05) is 6.92 Å². The normalized spacial score (nSPS) is 41.7.